The quantitative estimate of drug-likeness (QED) is 0.875. The van der Waals surface area contributed by atoms with Crippen LogP contribution in [0, 0.1) is 5.92 Å². The molecule has 1 heterocycles. The van der Waals surface area contributed by atoms with Crippen molar-refractivity contribution in [3.8, 4) is 0 Å². The number of halogens is 1. The third kappa shape index (κ3) is 4.41. The number of benzene rings is 1. The molecule has 24 heavy (non-hydrogen) atoms. The van der Waals surface area contributed by atoms with Crippen LogP contribution in [0.4, 0.5) is 10.5 Å². The third-order valence-corrected chi connectivity index (χ3v) is 5.20. The highest BCUT2D eigenvalue weighted by atomic mass is 35.5. The minimum Gasteiger partial charge on any atom is -0.342 e. The summed E-state index contributed by atoms with van der Waals surface area (Å²) in [6.07, 6.45) is 6.07. The highest BCUT2D eigenvalue weighted by Crippen LogP contribution is 2.27. The third-order valence-electron chi connectivity index (χ3n) is 4.95. The van der Waals surface area contributed by atoms with E-state index in [1.54, 1.807) is 24.3 Å². The molecule has 0 aromatic heterocycles. The fraction of sp³-hybridized carbons (Fsp3) is 0.556. The molecular weight excluding hydrogens is 326 g/mol. The second kappa shape index (κ2) is 7.88. The van der Waals surface area contributed by atoms with E-state index in [4.69, 9.17) is 11.6 Å². The number of amides is 3. The van der Waals surface area contributed by atoms with Crippen LogP contribution >= 0.6 is 11.6 Å². The molecule has 1 aromatic carbocycles. The molecule has 1 aromatic rings. The van der Waals surface area contributed by atoms with E-state index in [0.717, 1.165) is 38.8 Å². The van der Waals surface area contributed by atoms with Crippen LogP contribution in [-0.2, 0) is 4.79 Å². The van der Waals surface area contributed by atoms with Crippen molar-refractivity contribution in [3.05, 3.63) is 29.3 Å². The lowest BCUT2D eigenvalue weighted by Gasteiger charge is -2.33. The van der Waals surface area contributed by atoms with Gasteiger partial charge in [0.2, 0.25) is 5.91 Å². The summed E-state index contributed by atoms with van der Waals surface area (Å²) in [5, 5.41) is 6.44. The largest absolute Gasteiger partial charge is 0.342 e. The van der Waals surface area contributed by atoms with Gasteiger partial charge in [-0.2, -0.15) is 0 Å². The summed E-state index contributed by atoms with van der Waals surface area (Å²) in [6.45, 7) is 1.47. The van der Waals surface area contributed by atoms with E-state index in [1.165, 1.54) is 12.8 Å². The van der Waals surface area contributed by atoms with E-state index in [-0.39, 0.29) is 18.0 Å². The zero-order chi connectivity index (χ0) is 16.9. The fourth-order valence-electron chi connectivity index (χ4n) is 3.56. The lowest BCUT2D eigenvalue weighted by Crippen LogP contribution is -2.48. The van der Waals surface area contributed by atoms with Crippen LogP contribution in [0.5, 0.6) is 0 Å². The molecule has 0 bridgehead atoms. The Bertz CT molecular complexity index is 576. The summed E-state index contributed by atoms with van der Waals surface area (Å²) in [6, 6.07) is 6.92. The van der Waals surface area contributed by atoms with Gasteiger partial charge >= 0.3 is 6.03 Å². The number of piperidine rings is 1. The van der Waals surface area contributed by atoms with E-state index >= 15 is 0 Å². The normalized spacial score (nSPS) is 19.3. The highest BCUT2D eigenvalue weighted by molar-refractivity contribution is 6.30. The van der Waals surface area contributed by atoms with Crippen molar-refractivity contribution in [2.45, 2.75) is 44.6 Å². The highest BCUT2D eigenvalue weighted by Gasteiger charge is 2.30. The number of urea groups is 1. The average Bonchev–Trinajstić information content (AvgIpc) is 3.11. The first-order chi connectivity index (χ1) is 11.6. The van der Waals surface area contributed by atoms with Gasteiger partial charge in [-0.15, -0.1) is 0 Å². The number of anilines is 1. The molecule has 0 spiro atoms. The van der Waals surface area contributed by atoms with E-state index in [1.807, 2.05) is 4.90 Å². The monoisotopic (exact) mass is 349 g/mol. The number of likely N-dealkylation sites (tertiary alicyclic amines) is 1. The van der Waals surface area contributed by atoms with Crippen molar-refractivity contribution in [3.63, 3.8) is 0 Å². The Kier molecular flexibility index (Phi) is 5.61. The van der Waals surface area contributed by atoms with Crippen LogP contribution in [0.3, 0.4) is 0 Å². The average molecular weight is 350 g/mol. The van der Waals surface area contributed by atoms with Gasteiger partial charge in [0.1, 0.15) is 0 Å². The van der Waals surface area contributed by atoms with Gasteiger partial charge in [0.05, 0.1) is 0 Å². The van der Waals surface area contributed by atoms with Gasteiger partial charge in [-0.05, 0) is 49.9 Å². The van der Waals surface area contributed by atoms with Crippen LogP contribution in [-0.4, -0.2) is 36.0 Å². The summed E-state index contributed by atoms with van der Waals surface area (Å²) in [5.74, 6) is 0.555. The van der Waals surface area contributed by atoms with Gasteiger partial charge in [0.25, 0.3) is 0 Å². The molecule has 5 nitrogen and oxygen atoms in total. The fourth-order valence-corrected chi connectivity index (χ4v) is 3.69. The molecule has 2 N–H and O–H groups in total. The van der Waals surface area contributed by atoms with Crippen molar-refractivity contribution < 1.29 is 9.59 Å². The van der Waals surface area contributed by atoms with Crippen LogP contribution in [0.25, 0.3) is 0 Å². The Labute approximate surface area is 147 Å². The minimum atomic E-state index is -0.210. The first-order valence-corrected chi connectivity index (χ1v) is 9.11. The molecular formula is C18H24ClN3O2. The molecule has 1 saturated carbocycles. The van der Waals surface area contributed by atoms with Gasteiger partial charge < -0.3 is 15.5 Å². The number of carbonyl (C=O) groups is 2. The Hall–Kier alpha value is -1.75. The molecule has 130 valence electrons. The van der Waals surface area contributed by atoms with Crippen molar-refractivity contribution in [1.82, 2.24) is 10.2 Å². The van der Waals surface area contributed by atoms with Gasteiger partial charge in [-0.1, -0.05) is 24.4 Å². The predicted octanol–water partition coefficient (Wildman–Crippen LogP) is 3.64. The van der Waals surface area contributed by atoms with E-state index in [2.05, 4.69) is 10.6 Å². The molecule has 3 amide bonds. The van der Waals surface area contributed by atoms with Crippen molar-refractivity contribution in [2.75, 3.05) is 18.4 Å². The van der Waals surface area contributed by atoms with Crippen molar-refractivity contribution in [2.24, 2.45) is 5.92 Å². The number of nitrogens with one attached hydrogen (secondary N) is 2. The Morgan fingerprint density at radius 1 is 1.00 bits per heavy atom. The minimum absolute atomic E-state index is 0.116. The van der Waals surface area contributed by atoms with E-state index < -0.39 is 0 Å². The lowest BCUT2D eigenvalue weighted by atomic mass is 10.0. The molecule has 1 saturated heterocycles. The van der Waals surface area contributed by atoms with Gasteiger partial charge in [-0.3, -0.25) is 4.79 Å². The van der Waals surface area contributed by atoms with Crippen molar-refractivity contribution in [1.29, 1.82) is 0 Å². The maximum atomic E-state index is 12.4. The molecule has 1 aliphatic heterocycles. The zero-order valence-electron chi connectivity index (χ0n) is 13.8. The first kappa shape index (κ1) is 17.1. The first-order valence-electron chi connectivity index (χ1n) is 8.74. The summed E-state index contributed by atoms with van der Waals surface area (Å²) in [7, 11) is 0. The Morgan fingerprint density at radius 2 is 1.62 bits per heavy atom. The number of rotatable bonds is 3. The topological polar surface area (TPSA) is 61.4 Å². The van der Waals surface area contributed by atoms with E-state index in [9.17, 15) is 9.59 Å². The molecule has 2 aliphatic rings. The summed E-state index contributed by atoms with van der Waals surface area (Å²) < 4.78 is 0. The predicted molar refractivity (Wildman–Crippen MR) is 95.2 cm³/mol. The molecule has 0 unspecified atom stereocenters. The number of hydrogen-bond donors (Lipinski definition) is 2. The maximum Gasteiger partial charge on any atom is 0.319 e. The zero-order valence-corrected chi connectivity index (χ0v) is 14.5. The standard InChI is InChI=1S/C18H24ClN3O2/c19-14-5-7-15(8-6-14)20-18(24)21-16-9-11-22(12-10-16)17(23)13-3-1-2-4-13/h5-8,13,16H,1-4,9-12H2,(H2,20,21,24). The van der Waals surface area contributed by atoms with Crippen LogP contribution < -0.4 is 10.6 Å². The van der Waals surface area contributed by atoms with Gasteiger partial charge in [0, 0.05) is 35.8 Å². The molecule has 1 aliphatic carbocycles. The summed E-state index contributed by atoms with van der Waals surface area (Å²) in [4.78, 5) is 26.4. The second-order valence-electron chi connectivity index (χ2n) is 6.69. The second-order valence-corrected chi connectivity index (χ2v) is 7.12. The smallest absolute Gasteiger partial charge is 0.319 e. The molecule has 0 atom stereocenters. The van der Waals surface area contributed by atoms with Crippen LogP contribution in [0.1, 0.15) is 38.5 Å². The number of hydrogen-bond acceptors (Lipinski definition) is 2. The number of carbonyl (C=O) groups excluding carboxylic acids is 2. The maximum absolute atomic E-state index is 12.4. The molecule has 6 heteroatoms. The molecule has 3 rings (SSSR count). The van der Waals surface area contributed by atoms with E-state index in [0.29, 0.717) is 16.6 Å². The Morgan fingerprint density at radius 3 is 2.25 bits per heavy atom. The van der Waals surface area contributed by atoms with Crippen molar-refractivity contribution >= 4 is 29.2 Å². The SMILES string of the molecule is O=C(Nc1ccc(Cl)cc1)NC1CCN(C(=O)C2CCCC2)CC1. The number of nitrogens with zero attached hydrogens (tertiary/aromatic N) is 1. The summed E-state index contributed by atoms with van der Waals surface area (Å²) in [5.41, 5.74) is 0.714. The lowest BCUT2D eigenvalue weighted by molar-refractivity contribution is -0.136. The molecule has 2 fully saturated rings. The van der Waals surface area contributed by atoms with Crippen LogP contribution in [0.2, 0.25) is 5.02 Å². The summed E-state index contributed by atoms with van der Waals surface area (Å²) >= 11 is 5.83. The Balaban J connectivity index is 1.42. The molecule has 0 radical (unpaired) electrons. The van der Waals surface area contributed by atoms with Gasteiger partial charge in [-0.25, -0.2) is 4.79 Å². The van der Waals surface area contributed by atoms with Gasteiger partial charge in [0.15, 0.2) is 0 Å². The van der Waals surface area contributed by atoms with Crippen LogP contribution in [0.15, 0.2) is 24.3 Å².